The van der Waals surface area contributed by atoms with E-state index in [9.17, 15) is 0 Å². The van der Waals surface area contributed by atoms with Gasteiger partial charge in [0.1, 0.15) is 0 Å². The molecule has 0 bridgehead atoms. The van der Waals surface area contributed by atoms with E-state index in [-0.39, 0.29) is 0 Å². The van der Waals surface area contributed by atoms with Crippen molar-refractivity contribution in [3.05, 3.63) is 12.7 Å². The third-order valence-corrected chi connectivity index (χ3v) is 1.93. The van der Waals surface area contributed by atoms with E-state index in [1.54, 1.807) is 0 Å². The second-order valence-electron chi connectivity index (χ2n) is 3.18. The minimum Gasteiger partial charge on any atom is -0.377 e. The van der Waals surface area contributed by atoms with E-state index in [0.717, 1.165) is 32.5 Å². The Hall–Kier alpha value is -0.340. The van der Waals surface area contributed by atoms with Crippen molar-refractivity contribution in [3.63, 3.8) is 0 Å². The van der Waals surface area contributed by atoms with Crippen LogP contribution in [0.4, 0.5) is 0 Å². The fourth-order valence-electron chi connectivity index (χ4n) is 1.08. The van der Waals surface area contributed by atoms with Crippen LogP contribution in [0.25, 0.3) is 0 Å². The topological polar surface area (TPSA) is 21.3 Å². The standard InChI is InChI=1S/C11H23NO/c1-4-7-9-13-11(6-3)10-12-8-5-2/h4,11-12H,1,5-10H2,2-3H3. The first kappa shape index (κ1) is 12.7. The Labute approximate surface area is 82.4 Å². The Morgan fingerprint density at radius 2 is 2.23 bits per heavy atom. The summed E-state index contributed by atoms with van der Waals surface area (Å²) in [6, 6.07) is 0. The van der Waals surface area contributed by atoms with Crippen LogP contribution < -0.4 is 5.32 Å². The Bertz CT molecular complexity index is 115. The highest BCUT2D eigenvalue weighted by molar-refractivity contribution is 4.66. The minimum absolute atomic E-state index is 0.367. The van der Waals surface area contributed by atoms with Crippen molar-refractivity contribution in [1.29, 1.82) is 0 Å². The molecule has 1 atom stereocenters. The zero-order chi connectivity index (χ0) is 9.94. The summed E-state index contributed by atoms with van der Waals surface area (Å²) >= 11 is 0. The van der Waals surface area contributed by atoms with E-state index >= 15 is 0 Å². The molecule has 0 fully saturated rings. The number of rotatable bonds is 9. The van der Waals surface area contributed by atoms with E-state index in [2.05, 4.69) is 25.7 Å². The van der Waals surface area contributed by atoms with Crippen molar-refractivity contribution < 1.29 is 4.74 Å². The van der Waals surface area contributed by atoms with E-state index in [0.29, 0.717) is 6.10 Å². The minimum atomic E-state index is 0.367. The Morgan fingerprint density at radius 1 is 1.46 bits per heavy atom. The molecule has 0 aliphatic carbocycles. The molecule has 0 saturated heterocycles. The molecule has 0 aromatic heterocycles. The third-order valence-electron chi connectivity index (χ3n) is 1.93. The highest BCUT2D eigenvalue weighted by atomic mass is 16.5. The molecule has 0 heterocycles. The summed E-state index contributed by atoms with van der Waals surface area (Å²) in [5.41, 5.74) is 0. The van der Waals surface area contributed by atoms with Gasteiger partial charge in [-0.1, -0.05) is 19.9 Å². The van der Waals surface area contributed by atoms with Crippen LogP contribution in [-0.2, 0) is 4.74 Å². The van der Waals surface area contributed by atoms with Crippen LogP contribution in [0.15, 0.2) is 12.7 Å². The highest BCUT2D eigenvalue weighted by Gasteiger charge is 2.03. The lowest BCUT2D eigenvalue weighted by Crippen LogP contribution is -2.29. The first-order valence-corrected chi connectivity index (χ1v) is 5.28. The van der Waals surface area contributed by atoms with Crippen molar-refractivity contribution >= 4 is 0 Å². The van der Waals surface area contributed by atoms with Gasteiger partial charge in [-0.15, -0.1) is 6.58 Å². The van der Waals surface area contributed by atoms with Crippen LogP contribution in [0.5, 0.6) is 0 Å². The molecule has 0 aromatic rings. The number of hydrogen-bond donors (Lipinski definition) is 1. The van der Waals surface area contributed by atoms with Crippen LogP contribution in [0.2, 0.25) is 0 Å². The molecule has 0 spiro atoms. The molecule has 2 heteroatoms. The summed E-state index contributed by atoms with van der Waals surface area (Å²) in [5.74, 6) is 0. The molecule has 0 radical (unpaired) electrons. The molecule has 1 unspecified atom stereocenters. The van der Waals surface area contributed by atoms with Gasteiger partial charge in [-0.3, -0.25) is 0 Å². The van der Waals surface area contributed by atoms with Crippen LogP contribution in [-0.4, -0.2) is 25.8 Å². The van der Waals surface area contributed by atoms with Gasteiger partial charge in [-0.05, 0) is 25.8 Å². The van der Waals surface area contributed by atoms with Crippen LogP contribution >= 0.6 is 0 Å². The van der Waals surface area contributed by atoms with Gasteiger partial charge >= 0.3 is 0 Å². The predicted octanol–water partition coefficient (Wildman–Crippen LogP) is 2.36. The predicted molar refractivity (Wildman–Crippen MR) is 58.0 cm³/mol. The average molecular weight is 185 g/mol. The smallest absolute Gasteiger partial charge is 0.0696 e. The van der Waals surface area contributed by atoms with Gasteiger partial charge in [0, 0.05) is 6.54 Å². The Kier molecular flexibility index (Phi) is 9.49. The number of hydrogen-bond acceptors (Lipinski definition) is 2. The van der Waals surface area contributed by atoms with Gasteiger partial charge in [-0.2, -0.15) is 0 Å². The Morgan fingerprint density at radius 3 is 2.77 bits per heavy atom. The van der Waals surface area contributed by atoms with Gasteiger partial charge < -0.3 is 10.1 Å². The number of ether oxygens (including phenoxy) is 1. The van der Waals surface area contributed by atoms with Gasteiger partial charge in [0.15, 0.2) is 0 Å². The largest absolute Gasteiger partial charge is 0.377 e. The van der Waals surface area contributed by atoms with Gasteiger partial charge in [-0.25, -0.2) is 0 Å². The first-order valence-electron chi connectivity index (χ1n) is 5.28. The third kappa shape index (κ3) is 8.00. The van der Waals surface area contributed by atoms with Crippen molar-refractivity contribution in [2.45, 2.75) is 39.2 Å². The van der Waals surface area contributed by atoms with Crippen LogP contribution in [0, 0.1) is 0 Å². The molecule has 1 N–H and O–H groups in total. The van der Waals surface area contributed by atoms with E-state index in [1.165, 1.54) is 6.42 Å². The molecular weight excluding hydrogens is 162 g/mol. The fourth-order valence-corrected chi connectivity index (χ4v) is 1.08. The Balaban J connectivity index is 3.33. The summed E-state index contributed by atoms with van der Waals surface area (Å²) in [5, 5.41) is 3.36. The zero-order valence-electron chi connectivity index (χ0n) is 9.01. The van der Waals surface area contributed by atoms with Crippen molar-refractivity contribution in [2.24, 2.45) is 0 Å². The van der Waals surface area contributed by atoms with Crippen LogP contribution in [0.1, 0.15) is 33.1 Å². The lowest BCUT2D eigenvalue weighted by molar-refractivity contribution is 0.0541. The van der Waals surface area contributed by atoms with Crippen molar-refractivity contribution in [1.82, 2.24) is 5.32 Å². The van der Waals surface area contributed by atoms with Crippen molar-refractivity contribution in [3.8, 4) is 0 Å². The molecule has 78 valence electrons. The second-order valence-corrected chi connectivity index (χ2v) is 3.18. The maximum Gasteiger partial charge on any atom is 0.0696 e. The average Bonchev–Trinajstić information content (AvgIpc) is 2.16. The number of nitrogens with one attached hydrogen (secondary N) is 1. The van der Waals surface area contributed by atoms with Crippen molar-refractivity contribution in [2.75, 3.05) is 19.7 Å². The van der Waals surface area contributed by atoms with E-state index < -0.39 is 0 Å². The maximum atomic E-state index is 5.64. The van der Waals surface area contributed by atoms with Gasteiger partial charge in [0.2, 0.25) is 0 Å². The highest BCUT2D eigenvalue weighted by Crippen LogP contribution is 1.97. The molecule has 0 amide bonds. The zero-order valence-corrected chi connectivity index (χ0v) is 9.01. The summed E-state index contributed by atoms with van der Waals surface area (Å²) < 4.78 is 5.64. The summed E-state index contributed by atoms with van der Waals surface area (Å²) in [6.45, 7) is 10.9. The SMILES string of the molecule is C=CCCOC(CC)CNCCC. The molecule has 0 saturated carbocycles. The molecule has 0 aliphatic heterocycles. The second kappa shape index (κ2) is 9.75. The molecule has 13 heavy (non-hydrogen) atoms. The summed E-state index contributed by atoms with van der Waals surface area (Å²) in [6.07, 6.45) is 5.47. The molecular formula is C11H23NO. The molecule has 0 rings (SSSR count). The normalized spacial score (nSPS) is 12.8. The van der Waals surface area contributed by atoms with Gasteiger partial charge in [0.05, 0.1) is 12.7 Å². The first-order chi connectivity index (χ1) is 6.35. The van der Waals surface area contributed by atoms with Crippen LogP contribution in [0.3, 0.4) is 0 Å². The van der Waals surface area contributed by atoms with E-state index in [1.807, 2.05) is 6.08 Å². The summed E-state index contributed by atoms with van der Waals surface area (Å²) in [7, 11) is 0. The van der Waals surface area contributed by atoms with E-state index in [4.69, 9.17) is 4.74 Å². The molecule has 0 aromatic carbocycles. The molecule has 2 nitrogen and oxygen atoms in total. The fraction of sp³-hybridized carbons (Fsp3) is 0.818. The lowest BCUT2D eigenvalue weighted by Gasteiger charge is -2.15. The monoisotopic (exact) mass is 185 g/mol. The summed E-state index contributed by atoms with van der Waals surface area (Å²) in [4.78, 5) is 0. The lowest BCUT2D eigenvalue weighted by atomic mass is 10.2. The quantitative estimate of drug-likeness (QED) is 0.440. The van der Waals surface area contributed by atoms with Gasteiger partial charge in [0.25, 0.3) is 0 Å². The molecule has 0 aliphatic rings. The maximum absolute atomic E-state index is 5.64.